The van der Waals surface area contributed by atoms with Gasteiger partial charge in [0.15, 0.2) is 5.76 Å². The highest BCUT2D eigenvalue weighted by molar-refractivity contribution is 7.28. The van der Waals surface area contributed by atoms with Gasteiger partial charge in [-0.25, -0.2) is 4.98 Å². The molecule has 100 valence electrons. The molecule has 0 aliphatic carbocycles. The largest absolute Gasteiger partial charge is 0.438 e. The van der Waals surface area contributed by atoms with Crippen LogP contribution in [0.5, 0.6) is 0 Å². The van der Waals surface area contributed by atoms with Crippen LogP contribution in [-0.4, -0.2) is 11.5 Å². The topological polar surface area (TPSA) is 38.1 Å². The summed E-state index contributed by atoms with van der Waals surface area (Å²) in [6.45, 7) is 5.21. The van der Waals surface area contributed by atoms with Crippen molar-refractivity contribution in [2.45, 2.75) is 26.3 Å². The lowest BCUT2D eigenvalue weighted by Gasteiger charge is -2.08. The molecule has 0 saturated carbocycles. The van der Waals surface area contributed by atoms with Crippen molar-refractivity contribution in [3.8, 4) is 10.6 Å². The molecule has 0 fully saturated rings. The van der Waals surface area contributed by atoms with Crippen LogP contribution in [0.1, 0.15) is 32.2 Å². The Hall–Kier alpha value is -1.17. The number of thiophene rings is 2. The molecule has 0 amide bonds. The third kappa shape index (κ3) is 2.59. The van der Waals surface area contributed by atoms with Crippen molar-refractivity contribution in [2.75, 3.05) is 6.54 Å². The smallest absolute Gasteiger partial charge is 0.211 e. The highest BCUT2D eigenvalue weighted by Gasteiger charge is 2.14. The molecule has 1 unspecified atom stereocenters. The molecule has 0 saturated heterocycles. The molecule has 3 heterocycles. The Labute approximate surface area is 120 Å². The Morgan fingerprint density at radius 3 is 3.11 bits per heavy atom. The molecule has 0 aliphatic rings. The maximum absolute atomic E-state index is 5.87. The molecule has 1 N–H and O–H groups in total. The van der Waals surface area contributed by atoms with E-state index in [1.54, 1.807) is 22.7 Å². The molecule has 0 aromatic carbocycles. The molecule has 0 radical (unpaired) electrons. The highest BCUT2D eigenvalue weighted by Crippen LogP contribution is 2.36. The van der Waals surface area contributed by atoms with Crippen molar-refractivity contribution in [1.29, 1.82) is 0 Å². The van der Waals surface area contributed by atoms with Crippen molar-refractivity contribution in [2.24, 2.45) is 0 Å². The highest BCUT2D eigenvalue weighted by atomic mass is 32.1. The van der Waals surface area contributed by atoms with Crippen molar-refractivity contribution in [3.63, 3.8) is 0 Å². The zero-order valence-electron chi connectivity index (χ0n) is 11.0. The van der Waals surface area contributed by atoms with E-state index in [1.807, 2.05) is 6.20 Å². The van der Waals surface area contributed by atoms with Crippen molar-refractivity contribution in [3.05, 3.63) is 29.6 Å². The van der Waals surface area contributed by atoms with Gasteiger partial charge < -0.3 is 9.73 Å². The van der Waals surface area contributed by atoms with E-state index in [4.69, 9.17) is 4.42 Å². The molecule has 0 bridgehead atoms. The lowest BCUT2D eigenvalue weighted by atomic mass is 10.3. The van der Waals surface area contributed by atoms with E-state index in [2.05, 4.69) is 41.7 Å². The molecule has 19 heavy (non-hydrogen) atoms. The van der Waals surface area contributed by atoms with Gasteiger partial charge in [-0.15, -0.1) is 22.7 Å². The Bertz CT molecular complexity index is 639. The van der Waals surface area contributed by atoms with Crippen LogP contribution in [0.25, 0.3) is 20.0 Å². The van der Waals surface area contributed by atoms with Crippen LogP contribution in [0, 0.1) is 0 Å². The summed E-state index contributed by atoms with van der Waals surface area (Å²) in [5, 5.41) is 5.50. The first-order chi connectivity index (χ1) is 9.28. The maximum atomic E-state index is 5.87. The second-order valence-corrected chi connectivity index (χ2v) is 6.53. The average Bonchev–Trinajstić information content (AvgIpc) is 3.08. The minimum absolute atomic E-state index is 0.162. The van der Waals surface area contributed by atoms with Crippen molar-refractivity contribution in [1.82, 2.24) is 10.3 Å². The zero-order chi connectivity index (χ0) is 13.2. The van der Waals surface area contributed by atoms with E-state index >= 15 is 0 Å². The number of nitrogens with zero attached hydrogens (tertiary/aromatic N) is 1. The number of oxazole rings is 1. The SMILES string of the molecule is CCCNC(C)c1ncc(-c2cc3sccc3s2)o1. The fourth-order valence-corrected chi connectivity index (χ4v) is 3.99. The summed E-state index contributed by atoms with van der Waals surface area (Å²) >= 11 is 3.52. The molecule has 3 aromatic heterocycles. The minimum atomic E-state index is 0.162. The molecular formula is C14H16N2OS2. The number of hydrogen-bond acceptors (Lipinski definition) is 5. The summed E-state index contributed by atoms with van der Waals surface area (Å²) in [6, 6.07) is 4.49. The first-order valence-corrected chi connectivity index (χ1v) is 8.14. The molecule has 3 aromatic rings. The standard InChI is InChI=1S/C14H16N2OS2/c1-3-5-15-9(2)14-16-8-10(17-14)12-7-13-11(19-12)4-6-18-13/h4,6-9,15H,3,5H2,1-2H3. The summed E-state index contributed by atoms with van der Waals surface area (Å²) in [6.07, 6.45) is 2.94. The third-order valence-electron chi connectivity index (χ3n) is 2.98. The van der Waals surface area contributed by atoms with Crippen LogP contribution in [0.4, 0.5) is 0 Å². The predicted octanol–water partition coefficient (Wildman–Crippen LogP) is 4.68. The second kappa shape index (κ2) is 5.45. The van der Waals surface area contributed by atoms with Gasteiger partial charge in [0.25, 0.3) is 0 Å². The Morgan fingerprint density at radius 2 is 2.32 bits per heavy atom. The minimum Gasteiger partial charge on any atom is -0.438 e. The summed E-state index contributed by atoms with van der Waals surface area (Å²) in [5.74, 6) is 1.63. The van der Waals surface area contributed by atoms with E-state index in [-0.39, 0.29) is 6.04 Å². The van der Waals surface area contributed by atoms with Gasteiger partial charge in [0.1, 0.15) is 0 Å². The lowest BCUT2D eigenvalue weighted by molar-refractivity contribution is 0.423. The van der Waals surface area contributed by atoms with Gasteiger partial charge >= 0.3 is 0 Å². The predicted molar refractivity (Wildman–Crippen MR) is 81.9 cm³/mol. The summed E-state index contributed by atoms with van der Waals surface area (Å²) in [5.41, 5.74) is 0. The lowest BCUT2D eigenvalue weighted by Crippen LogP contribution is -2.19. The third-order valence-corrected chi connectivity index (χ3v) is 5.08. The van der Waals surface area contributed by atoms with Gasteiger partial charge in [-0.1, -0.05) is 6.92 Å². The van der Waals surface area contributed by atoms with Crippen LogP contribution in [-0.2, 0) is 0 Å². The maximum Gasteiger partial charge on any atom is 0.211 e. The van der Waals surface area contributed by atoms with Gasteiger partial charge in [-0.2, -0.15) is 0 Å². The van der Waals surface area contributed by atoms with Crippen LogP contribution in [0.15, 0.2) is 28.1 Å². The van der Waals surface area contributed by atoms with E-state index in [9.17, 15) is 0 Å². The molecule has 3 nitrogen and oxygen atoms in total. The van der Waals surface area contributed by atoms with Gasteiger partial charge in [0, 0.05) is 9.40 Å². The fourth-order valence-electron chi connectivity index (χ4n) is 1.94. The summed E-state index contributed by atoms with van der Waals surface area (Å²) < 4.78 is 8.50. The Balaban J connectivity index is 1.82. The van der Waals surface area contributed by atoms with Gasteiger partial charge in [-0.3, -0.25) is 0 Å². The number of nitrogens with one attached hydrogen (secondary N) is 1. The first kappa shape index (κ1) is 12.8. The van der Waals surface area contributed by atoms with E-state index < -0.39 is 0 Å². The van der Waals surface area contributed by atoms with Crippen molar-refractivity contribution < 1.29 is 4.42 Å². The van der Waals surface area contributed by atoms with Crippen LogP contribution < -0.4 is 5.32 Å². The van der Waals surface area contributed by atoms with E-state index in [1.165, 1.54) is 9.40 Å². The van der Waals surface area contributed by atoms with Gasteiger partial charge in [0.2, 0.25) is 5.89 Å². The van der Waals surface area contributed by atoms with Crippen molar-refractivity contribution >= 4 is 32.1 Å². The van der Waals surface area contributed by atoms with Crippen LogP contribution >= 0.6 is 22.7 Å². The first-order valence-electron chi connectivity index (χ1n) is 6.44. The molecular weight excluding hydrogens is 276 g/mol. The molecule has 0 aliphatic heterocycles. The van der Waals surface area contributed by atoms with Crippen LogP contribution in [0.2, 0.25) is 0 Å². The molecule has 1 atom stereocenters. The molecule has 5 heteroatoms. The summed E-state index contributed by atoms with van der Waals surface area (Å²) in [4.78, 5) is 5.54. The zero-order valence-corrected chi connectivity index (χ0v) is 12.6. The normalized spacial score (nSPS) is 13.2. The Kier molecular flexibility index (Phi) is 3.68. The number of aromatic nitrogens is 1. The number of fused-ring (bicyclic) bond motifs is 1. The van der Waals surface area contributed by atoms with Crippen LogP contribution in [0.3, 0.4) is 0 Å². The van der Waals surface area contributed by atoms with Gasteiger partial charge in [0.05, 0.1) is 17.1 Å². The Morgan fingerprint density at radius 1 is 1.42 bits per heavy atom. The second-order valence-electron chi connectivity index (χ2n) is 4.50. The average molecular weight is 292 g/mol. The van der Waals surface area contributed by atoms with E-state index in [0.717, 1.165) is 29.5 Å². The molecule has 3 rings (SSSR count). The van der Waals surface area contributed by atoms with Gasteiger partial charge in [-0.05, 0) is 37.4 Å². The van der Waals surface area contributed by atoms with E-state index in [0.29, 0.717) is 0 Å². The monoisotopic (exact) mass is 292 g/mol. The number of rotatable bonds is 5. The number of hydrogen-bond donors (Lipinski definition) is 1. The molecule has 0 spiro atoms. The quantitative estimate of drug-likeness (QED) is 0.742. The summed E-state index contributed by atoms with van der Waals surface area (Å²) in [7, 11) is 0. The fraction of sp³-hybridized carbons (Fsp3) is 0.357.